The molecule has 0 N–H and O–H groups in total. The normalized spacial score (nSPS) is 33.0. The molecule has 20 heteroatoms. The van der Waals surface area contributed by atoms with E-state index in [2.05, 4.69) is 0 Å². The zero-order valence-corrected chi connectivity index (χ0v) is 46.7. The van der Waals surface area contributed by atoms with Crippen LogP contribution in [0.1, 0.15) is 159 Å². The molecule has 12 fully saturated rings. The van der Waals surface area contributed by atoms with Gasteiger partial charge in [0.2, 0.25) is 0 Å². The molecule has 6 aliphatic heterocycles. The van der Waals surface area contributed by atoms with E-state index >= 15 is 0 Å². The SMILES string of the molecule is CCC(C)(C)C(=O)OCC(=O)OCC(=O)OC1C2CC3CC(C2)C(=O)OC1C3.CCC(C)(C)C(=O)OCCOC(=O)COC1C2CC3CC(C2)C(=O)OC1C3.CCC(C)(C)C(=O)OCOC1C2CC3CC(C2)C(=O)OC1C3. The zero-order chi connectivity index (χ0) is 56.0. The molecule has 6 heterocycles. The van der Waals surface area contributed by atoms with Gasteiger partial charge < -0.3 is 52.1 Å². The van der Waals surface area contributed by atoms with E-state index in [0.29, 0.717) is 49.4 Å². The van der Waals surface area contributed by atoms with Gasteiger partial charge in [0.1, 0.15) is 50.3 Å². The lowest BCUT2D eigenvalue weighted by Crippen LogP contribution is -2.45. The summed E-state index contributed by atoms with van der Waals surface area (Å²) in [6, 6.07) is 0. The van der Waals surface area contributed by atoms with Crippen molar-refractivity contribution in [2.75, 3.05) is 39.8 Å². The van der Waals surface area contributed by atoms with Gasteiger partial charge in [-0.15, -0.1) is 0 Å². The van der Waals surface area contributed by atoms with Crippen LogP contribution in [-0.4, -0.2) is 130 Å². The molecule has 12 aliphatic rings. The molecule has 432 valence electrons. The lowest BCUT2D eigenvalue weighted by Gasteiger charge is -2.41. The molecule has 77 heavy (non-hydrogen) atoms. The molecule has 0 spiro atoms. The molecule has 12 bridgehead atoms. The summed E-state index contributed by atoms with van der Waals surface area (Å²) >= 11 is 0. The Labute approximate surface area is 452 Å². The second-order valence-corrected chi connectivity index (χ2v) is 24.9. The Morgan fingerprint density at radius 2 is 0.792 bits per heavy atom. The highest BCUT2D eigenvalue weighted by Gasteiger charge is 2.54. The molecule has 15 unspecified atom stereocenters. The lowest BCUT2D eigenvalue weighted by molar-refractivity contribution is -0.190. The number of ether oxygens (including phenoxy) is 11. The highest BCUT2D eigenvalue weighted by molar-refractivity contribution is 5.81. The van der Waals surface area contributed by atoms with E-state index in [0.717, 1.165) is 70.6 Å². The first kappa shape index (κ1) is 59.8. The summed E-state index contributed by atoms with van der Waals surface area (Å²) in [6.45, 7) is 15.2. The average molecular weight is 1090 g/mol. The molecule has 0 radical (unpaired) electrons. The van der Waals surface area contributed by atoms with Crippen molar-refractivity contribution in [2.24, 2.45) is 69.5 Å². The van der Waals surface area contributed by atoms with Gasteiger partial charge in [-0.3, -0.25) is 28.8 Å². The maximum atomic E-state index is 12.1. The molecule has 0 aromatic carbocycles. The third kappa shape index (κ3) is 15.1. The van der Waals surface area contributed by atoms with Crippen molar-refractivity contribution >= 4 is 53.7 Å². The molecular weight excluding hydrogens is 1000 g/mol. The van der Waals surface area contributed by atoms with Crippen molar-refractivity contribution in [2.45, 2.75) is 195 Å². The molecule has 12 rings (SSSR count). The quantitative estimate of drug-likeness (QED) is 0.0531. The first-order valence-corrected chi connectivity index (χ1v) is 28.3. The first-order chi connectivity index (χ1) is 36.4. The average Bonchev–Trinajstić information content (AvgIpc) is 3.79. The largest absolute Gasteiger partial charge is 0.462 e. The minimum atomic E-state index is -0.814. The zero-order valence-electron chi connectivity index (χ0n) is 46.7. The fraction of sp³-hybridized carbons (Fsp3) is 0.842. The Kier molecular flexibility index (Phi) is 19.8. The highest BCUT2D eigenvalue weighted by atomic mass is 16.7. The number of carbonyl (C=O) groups excluding carboxylic acids is 9. The van der Waals surface area contributed by atoms with Gasteiger partial charge in [-0.05, 0) is 167 Å². The minimum Gasteiger partial charge on any atom is -0.462 e. The molecule has 0 aromatic heterocycles. The third-order valence-corrected chi connectivity index (χ3v) is 18.2. The van der Waals surface area contributed by atoms with Gasteiger partial charge in [0.05, 0.1) is 40.1 Å². The van der Waals surface area contributed by atoms with Gasteiger partial charge >= 0.3 is 53.7 Å². The molecule has 6 aliphatic carbocycles. The van der Waals surface area contributed by atoms with Crippen molar-refractivity contribution in [3.05, 3.63) is 0 Å². The van der Waals surface area contributed by atoms with Crippen molar-refractivity contribution in [3.8, 4) is 0 Å². The van der Waals surface area contributed by atoms with Crippen molar-refractivity contribution in [1.82, 2.24) is 0 Å². The van der Waals surface area contributed by atoms with Crippen LogP contribution in [0.4, 0.5) is 0 Å². The smallest absolute Gasteiger partial charge is 0.344 e. The van der Waals surface area contributed by atoms with Crippen molar-refractivity contribution < 1.29 is 95.3 Å². The summed E-state index contributed by atoms with van der Waals surface area (Å²) in [6.07, 6.45) is 10.8. The number of esters is 9. The van der Waals surface area contributed by atoms with Gasteiger partial charge in [0.15, 0.2) is 20.0 Å². The van der Waals surface area contributed by atoms with E-state index < -0.39 is 65.5 Å². The Morgan fingerprint density at radius 3 is 1.26 bits per heavy atom. The summed E-state index contributed by atoms with van der Waals surface area (Å²) < 4.78 is 59.1. The van der Waals surface area contributed by atoms with E-state index in [-0.39, 0.29) is 110 Å². The van der Waals surface area contributed by atoms with Crippen LogP contribution in [0.2, 0.25) is 0 Å². The van der Waals surface area contributed by atoms with Crippen molar-refractivity contribution in [1.29, 1.82) is 0 Å². The Bertz CT molecular complexity index is 2170. The molecule has 15 atom stereocenters. The van der Waals surface area contributed by atoms with E-state index in [1.807, 2.05) is 48.5 Å². The number of hydrogen-bond acceptors (Lipinski definition) is 20. The van der Waals surface area contributed by atoms with Crippen LogP contribution in [-0.2, 0) is 95.3 Å². The third-order valence-electron chi connectivity index (χ3n) is 18.2. The second-order valence-electron chi connectivity index (χ2n) is 24.9. The van der Waals surface area contributed by atoms with E-state index in [9.17, 15) is 43.2 Å². The van der Waals surface area contributed by atoms with Gasteiger partial charge in [-0.1, -0.05) is 20.8 Å². The fourth-order valence-electron chi connectivity index (χ4n) is 12.6. The van der Waals surface area contributed by atoms with E-state index in [1.165, 1.54) is 0 Å². The maximum Gasteiger partial charge on any atom is 0.344 e. The number of fused-ring (bicyclic) bond motifs is 3. The highest BCUT2D eigenvalue weighted by Crippen LogP contribution is 2.51. The first-order valence-electron chi connectivity index (χ1n) is 28.3. The van der Waals surface area contributed by atoms with Gasteiger partial charge in [-0.2, -0.15) is 0 Å². The number of carbonyl (C=O) groups is 9. The molecular formula is C57H84O20. The molecule has 0 amide bonds. The molecule has 6 saturated carbocycles. The number of rotatable bonds is 20. The molecule has 6 saturated heterocycles. The van der Waals surface area contributed by atoms with E-state index in [4.69, 9.17) is 52.1 Å². The van der Waals surface area contributed by atoms with Gasteiger partial charge in [0, 0.05) is 5.92 Å². The van der Waals surface area contributed by atoms with E-state index in [1.54, 1.807) is 13.8 Å². The summed E-state index contributed by atoms with van der Waals surface area (Å²) in [5, 5.41) is 0. The number of hydrogen-bond donors (Lipinski definition) is 0. The van der Waals surface area contributed by atoms with Crippen LogP contribution in [0.15, 0.2) is 0 Å². The lowest BCUT2D eigenvalue weighted by atomic mass is 9.67. The summed E-state index contributed by atoms with van der Waals surface area (Å²) in [7, 11) is 0. The van der Waals surface area contributed by atoms with Gasteiger partial charge in [0.25, 0.3) is 0 Å². The Balaban J connectivity index is 0.000000169. The fourth-order valence-corrected chi connectivity index (χ4v) is 12.6. The van der Waals surface area contributed by atoms with Gasteiger partial charge in [-0.25, -0.2) is 14.4 Å². The van der Waals surface area contributed by atoms with Crippen LogP contribution in [0.25, 0.3) is 0 Å². The standard InChI is InChI=1S/C20H28O8.C20H30O7.C17H26O5/c1-4-20(2,3)19(24)26-9-15(21)25-10-16(22)28-17-12-5-11-6-13(8-12)18(23)27-14(17)7-11;1-4-20(2,3)19(23)25-6-5-24-16(21)11-26-17-13-7-12-8-14(10-13)18(22)27-15(17)9-12;1-4-17(2,3)16(19)21-9-20-14-11-5-10-6-12(8-11)15(18)22-13(14)7-10/h11-14,17H,4-10H2,1-3H3;12-15,17H,4-11H2,1-3H3;10-14H,4-9H2,1-3H3. The van der Waals surface area contributed by atoms with Crippen LogP contribution in [0, 0.1) is 69.5 Å². The Hall–Kier alpha value is -4.85. The van der Waals surface area contributed by atoms with Crippen molar-refractivity contribution in [3.63, 3.8) is 0 Å². The monoisotopic (exact) mass is 1090 g/mol. The van der Waals surface area contributed by atoms with Crippen LogP contribution in [0.5, 0.6) is 0 Å². The minimum absolute atomic E-state index is 0.00435. The topological polar surface area (TPSA) is 255 Å². The summed E-state index contributed by atoms with van der Waals surface area (Å²) in [4.78, 5) is 108. The van der Waals surface area contributed by atoms with Crippen LogP contribution < -0.4 is 0 Å². The predicted octanol–water partition coefficient (Wildman–Crippen LogP) is 6.71. The predicted molar refractivity (Wildman–Crippen MR) is 268 cm³/mol. The van der Waals surface area contributed by atoms with Crippen LogP contribution in [0.3, 0.4) is 0 Å². The summed E-state index contributed by atoms with van der Waals surface area (Å²) in [5.41, 5.74) is -1.71. The van der Waals surface area contributed by atoms with Crippen LogP contribution >= 0.6 is 0 Å². The maximum absolute atomic E-state index is 12.1. The molecule has 0 aromatic rings. The Morgan fingerprint density at radius 1 is 0.416 bits per heavy atom. The summed E-state index contributed by atoms with van der Waals surface area (Å²) in [5.74, 6) is -1.21. The molecule has 20 nitrogen and oxygen atoms in total. The second kappa shape index (κ2) is 25.5.